The van der Waals surface area contributed by atoms with E-state index in [-0.39, 0.29) is 6.61 Å². The molecule has 2 N–H and O–H groups in total. The third kappa shape index (κ3) is 4.10. The van der Waals surface area contributed by atoms with Gasteiger partial charge in [0.15, 0.2) is 5.06 Å². The summed E-state index contributed by atoms with van der Waals surface area (Å²) in [6, 6.07) is 2.06. The summed E-state index contributed by atoms with van der Waals surface area (Å²) >= 11 is 5.05. The molecule has 0 radical (unpaired) electrons. The van der Waals surface area contributed by atoms with Crippen LogP contribution >= 0.6 is 27.3 Å². The Hall–Kier alpha value is -0.100. The molecule has 1 heterocycles. The zero-order valence-electron chi connectivity index (χ0n) is 8.92. The van der Waals surface area contributed by atoms with E-state index in [1.165, 1.54) is 4.88 Å². The lowest BCUT2D eigenvalue weighted by atomic mass is 10.2. The minimum absolute atomic E-state index is 0.227. The molecule has 1 rings (SSSR count). The molecule has 1 unspecified atom stereocenters. The normalized spacial score (nSPS) is 12.8. The van der Waals surface area contributed by atoms with Crippen LogP contribution in [0.5, 0.6) is 5.06 Å². The number of nitrogens with one attached hydrogen (secondary N) is 1. The molecule has 1 aromatic heterocycles. The molecule has 15 heavy (non-hydrogen) atoms. The monoisotopic (exact) mass is 293 g/mol. The predicted molar refractivity (Wildman–Crippen MR) is 66.5 cm³/mol. The van der Waals surface area contributed by atoms with Crippen LogP contribution in [-0.4, -0.2) is 25.4 Å². The van der Waals surface area contributed by atoms with Gasteiger partial charge in [-0.25, -0.2) is 0 Å². The maximum Gasteiger partial charge on any atom is 0.188 e. The molecule has 1 atom stereocenters. The summed E-state index contributed by atoms with van der Waals surface area (Å²) in [4.78, 5) is 1.23. The van der Waals surface area contributed by atoms with Gasteiger partial charge in [-0.2, -0.15) is 0 Å². The molecule has 5 heteroatoms. The third-order valence-corrected chi connectivity index (χ3v) is 3.94. The quantitative estimate of drug-likeness (QED) is 0.845. The molecule has 1 aromatic rings. The van der Waals surface area contributed by atoms with E-state index < -0.39 is 0 Å². The second-order valence-electron chi connectivity index (χ2n) is 3.47. The van der Waals surface area contributed by atoms with Gasteiger partial charge < -0.3 is 15.2 Å². The van der Waals surface area contributed by atoms with Gasteiger partial charge in [0.1, 0.15) is 0 Å². The topological polar surface area (TPSA) is 41.5 Å². The number of thiophene rings is 1. The second kappa shape index (κ2) is 6.48. The highest BCUT2D eigenvalue weighted by atomic mass is 79.9. The van der Waals surface area contributed by atoms with Gasteiger partial charge in [-0.3, -0.25) is 0 Å². The maximum absolute atomic E-state index is 8.85. The van der Waals surface area contributed by atoms with Crippen molar-refractivity contribution in [3.63, 3.8) is 0 Å². The number of halogens is 1. The first kappa shape index (κ1) is 13.0. The van der Waals surface area contributed by atoms with Gasteiger partial charge in [0.05, 0.1) is 11.6 Å². The minimum atomic E-state index is 0.227. The summed E-state index contributed by atoms with van der Waals surface area (Å²) < 4.78 is 6.18. The van der Waals surface area contributed by atoms with Crippen molar-refractivity contribution >= 4 is 27.3 Å². The van der Waals surface area contributed by atoms with Crippen LogP contribution in [0, 0.1) is 5.92 Å². The van der Waals surface area contributed by atoms with Crippen molar-refractivity contribution < 1.29 is 9.84 Å². The fourth-order valence-electron chi connectivity index (χ4n) is 1.13. The van der Waals surface area contributed by atoms with Crippen LogP contribution in [0.25, 0.3) is 0 Å². The molecule has 0 aliphatic rings. The first-order valence-electron chi connectivity index (χ1n) is 4.81. The first-order valence-corrected chi connectivity index (χ1v) is 6.42. The van der Waals surface area contributed by atoms with Gasteiger partial charge in [-0.05, 0) is 27.9 Å². The number of aliphatic hydroxyl groups excluding tert-OH is 1. The molecule has 0 aliphatic carbocycles. The lowest BCUT2D eigenvalue weighted by Crippen LogP contribution is -2.22. The average molecular weight is 294 g/mol. The number of methoxy groups -OCH3 is 1. The van der Waals surface area contributed by atoms with Crippen molar-refractivity contribution in [2.24, 2.45) is 5.92 Å². The third-order valence-electron chi connectivity index (χ3n) is 2.00. The van der Waals surface area contributed by atoms with Crippen molar-refractivity contribution in [3.05, 3.63) is 15.4 Å². The summed E-state index contributed by atoms with van der Waals surface area (Å²) in [6.07, 6.45) is 0. The lowest BCUT2D eigenvalue weighted by molar-refractivity contribution is 0.233. The SMILES string of the molecule is COc1sc(CNCC(C)CO)cc1Br. The van der Waals surface area contributed by atoms with Crippen molar-refractivity contribution in [1.29, 1.82) is 0 Å². The van der Waals surface area contributed by atoms with Gasteiger partial charge in [-0.1, -0.05) is 6.92 Å². The van der Waals surface area contributed by atoms with Crippen molar-refractivity contribution in [1.82, 2.24) is 5.32 Å². The molecule has 0 aromatic carbocycles. The molecule has 0 amide bonds. The number of ether oxygens (including phenoxy) is 1. The standard InChI is InChI=1S/C10H16BrNO2S/c1-7(6-13)4-12-5-8-3-9(11)10(14-2)15-8/h3,7,12-13H,4-6H2,1-2H3. The fraction of sp³-hybridized carbons (Fsp3) is 0.600. The highest BCUT2D eigenvalue weighted by Gasteiger charge is 2.06. The van der Waals surface area contributed by atoms with Crippen molar-refractivity contribution in [3.8, 4) is 5.06 Å². The maximum atomic E-state index is 8.85. The predicted octanol–water partition coefficient (Wildman–Crippen LogP) is 2.24. The van der Waals surface area contributed by atoms with Gasteiger partial charge >= 0.3 is 0 Å². The summed E-state index contributed by atoms with van der Waals surface area (Å²) in [5, 5.41) is 13.0. The number of hydrogen-bond donors (Lipinski definition) is 2. The van der Waals surface area contributed by atoms with E-state index in [9.17, 15) is 0 Å². The molecule has 86 valence electrons. The fourth-order valence-corrected chi connectivity index (χ4v) is 2.79. The highest BCUT2D eigenvalue weighted by Crippen LogP contribution is 2.34. The summed E-state index contributed by atoms with van der Waals surface area (Å²) in [7, 11) is 1.67. The Kier molecular flexibility index (Phi) is 5.60. The average Bonchev–Trinajstić information content (AvgIpc) is 2.58. The van der Waals surface area contributed by atoms with E-state index >= 15 is 0 Å². The van der Waals surface area contributed by atoms with Crippen LogP contribution in [0.15, 0.2) is 10.5 Å². The van der Waals surface area contributed by atoms with E-state index in [2.05, 4.69) is 27.3 Å². The zero-order valence-corrected chi connectivity index (χ0v) is 11.3. The van der Waals surface area contributed by atoms with Gasteiger partial charge in [0.25, 0.3) is 0 Å². The molecule has 0 spiro atoms. The van der Waals surface area contributed by atoms with E-state index in [0.717, 1.165) is 22.6 Å². The first-order chi connectivity index (χ1) is 7.17. The molecule has 0 fully saturated rings. The smallest absolute Gasteiger partial charge is 0.188 e. The Morgan fingerprint density at radius 3 is 2.93 bits per heavy atom. The van der Waals surface area contributed by atoms with Crippen LogP contribution in [-0.2, 0) is 6.54 Å². The number of aliphatic hydroxyl groups is 1. The Labute approximate surface area is 103 Å². The van der Waals surface area contributed by atoms with Crippen LogP contribution in [0.4, 0.5) is 0 Å². The lowest BCUT2D eigenvalue weighted by Gasteiger charge is -2.07. The van der Waals surface area contributed by atoms with Gasteiger partial charge in [0.2, 0.25) is 0 Å². The van der Waals surface area contributed by atoms with Crippen molar-refractivity contribution in [2.75, 3.05) is 20.3 Å². The Morgan fingerprint density at radius 2 is 2.40 bits per heavy atom. The largest absolute Gasteiger partial charge is 0.486 e. The summed E-state index contributed by atoms with van der Waals surface area (Å²) in [5.41, 5.74) is 0. The Morgan fingerprint density at radius 1 is 1.67 bits per heavy atom. The van der Waals surface area contributed by atoms with Crippen LogP contribution in [0.2, 0.25) is 0 Å². The summed E-state index contributed by atoms with van der Waals surface area (Å²) in [5.74, 6) is 0.301. The van der Waals surface area contributed by atoms with E-state index in [1.54, 1.807) is 18.4 Å². The minimum Gasteiger partial charge on any atom is -0.486 e. The highest BCUT2D eigenvalue weighted by molar-refractivity contribution is 9.10. The zero-order chi connectivity index (χ0) is 11.3. The van der Waals surface area contributed by atoms with E-state index in [1.807, 2.05) is 6.92 Å². The molecule has 0 saturated carbocycles. The van der Waals surface area contributed by atoms with Crippen molar-refractivity contribution in [2.45, 2.75) is 13.5 Å². The van der Waals surface area contributed by atoms with E-state index in [0.29, 0.717) is 5.92 Å². The Bertz CT molecular complexity index is 304. The van der Waals surface area contributed by atoms with Crippen LogP contribution in [0.1, 0.15) is 11.8 Å². The molecule has 0 bridgehead atoms. The summed E-state index contributed by atoms with van der Waals surface area (Å²) in [6.45, 7) is 3.88. The second-order valence-corrected chi connectivity index (χ2v) is 5.42. The molecule has 0 saturated heterocycles. The number of hydrogen-bond acceptors (Lipinski definition) is 4. The molecular formula is C10H16BrNO2S. The number of rotatable bonds is 6. The van der Waals surface area contributed by atoms with Crippen LogP contribution < -0.4 is 10.1 Å². The van der Waals surface area contributed by atoms with Gasteiger partial charge in [0, 0.05) is 24.6 Å². The van der Waals surface area contributed by atoms with E-state index in [4.69, 9.17) is 9.84 Å². The molecular weight excluding hydrogens is 278 g/mol. The van der Waals surface area contributed by atoms with Crippen LogP contribution in [0.3, 0.4) is 0 Å². The molecule has 0 aliphatic heterocycles. The molecule has 3 nitrogen and oxygen atoms in total. The van der Waals surface area contributed by atoms with Gasteiger partial charge in [-0.15, -0.1) is 11.3 Å². The Balaban J connectivity index is 2.37.